The van der Waals surface area contributed by atoms with Crippen LogP contribution >= 0.6 is 11.6 Å². The van der Waals surface area contributed by atoms with Gasteiger partial charge in [-0.25, -0.2) is 9.78 Å². The molecule has 1 aliphatic carbocycles. The number of benzene rings is 1. The van der Waals surface area contributed by atoms with E-state index in [-0.39, 0.29) is 18.0 Å². The lowest BCUT2D eigenvalue weighted by molar-refractivity contribution is 0.102. The highest BCUT2D eigenvalue weighted by molar-refractivity contribution is 6.30. The van der Waals surface area contributed by atoms with Crippen molar-refractivity contribution in [1.82, 2.24) is 15.2 Å². The Balaban J connectivity index is 1.26. The van der Waals surface area contributed by atoms with Gasteiger partial charge in [0.25, 0.3) is 5.91 Å². The van der Waals surface area contributed by atoms with Gasteiger partial charge in [-0.3, -0.25) is 4.79 Å². The third kappa shape index (κ3) is 6.18. The molecule has 2 aromatic rings. The van der Waals surface area contributed by atoms with E-state index in [0.29, 0.717) is 22.1 Å². The highest BCUT2D eigenvalue weighted by atomic mass is 35.5. The highest BCUT2D eigenvalue weighted by Gasteiger charge is 2.27. The summed E-state index contributed by atoms with van der Waals surface area (Å²) in [4.78, 5) is 31.5. The van der Waals surface area contributed by atoms with Gasteiger partial charge in [-0.05, 0) is 55.5 Å². The summed E-state index contributed by atoms with van der Waals surface area (Å²) in [5, 5.41) is 9.12. The zero-order chi connectivity index (χ0) is 21.6. The van der Waals surface area contributed by atoms with Gasteiger partial charge in [0.15, 0.2) is 0 Å². The lowest BCUT2D eigenvalue weighted by Gasteiger charge is -2.20. The Bertz CT molecular complexity index is 914. The maximum Gasteiger partial charge on any atom is 0.319 e. The average molecular weight is 442 g/mol. The van der Waals surface area contributed by atoms with Crippen molar-refractivity contribution in [3.8, 4) is 0 Å². The number of aromatic nitrogens is 1. The molecule has 1 unspecified atom stereocenters. The first-order valence-electron chi connectivity index (χ1n) is 10.9. The van der Waals surface area contributed by atoms with E-state index in [2.05, 4.69) is 25.8 Å². The molecule has 2 aliphatic rings. The number of hydrogen-bond donors (Lipinski definition) is 3. The molecular weight excluding hydrogens is 414 g/mol. The number of nitrogens with zero attached hydrogens (tertiary/aromatic N) is 2. The first kappa shape index (κ1) is 21.6. The fourth-order valence-electron chi connectivity index (χ4n) is 4.40. The molecule has 3 amide bonds. The molecule has 1 aromatic carbocycles. The number of pyridine rings is 1. The second kappa shape index (κ2) is 10.1. The minimum Gasteiger partial charge on any atom is -0.334 e. The van der Waals surface area contributed by atoms with Crippen molar-refractivity contribution < 1.29 is 9.59 Å². The Hall–Kier alpha value is -2.64. The maximum absolute atomic E-state index is 12.5. The van der Waals surface area contributed by atoms with Gasteiger partial charge in [0.05, 0.1) is 5.02 Å². The number of anilines is 2. The number of carbonyl (C=O) groups is 2. The van der Waals surface area contributed by atoms with Crippen molar-refractivity contribution in [2.24, 2.45) is 5.92 Å². The number of rotatable bonds is 6. The van der Waals surface area contributed by atoms with Crippen molar-refractivity contribution in [3.63, 3.8) is 0 Å². The molecular formula is C23H28ClN5O2. The molecule has 1 saturated heterocycles. The number of urea groups is 1. The maximum atomic E-state index is 12.5. The molecule has 1 saturated carbocycles. The van der Waals surface area contributed by atoms with Gasteiger partial charge in [-0.15, -0.1) is 0 Å². The van der Waals surface area contributed by atoms with Crippen molar-refractivity contribution >= 4 is 35.0 Å². The number of nitrogens with one attached hydrogen (secondary N) is 3. The van der Waals surface area contributed by atoms with Crippen LogP contribution in [0.1, 0.15) is 42.5 Å². The van der Waals surface area contributed by atoms with Gasteiger partial charge in [0.1, 0.15) is 5.82 Å². The number of hydrogen-bond acceptors (Lipinski definition) is 4. The quantitative estimate of drug-likeness (QED) is 0.621. The second-order valence-corrected chi connectivity index (χ2v) is 8.83. The largest absolute Gasteiger partial charge is 0.334 e. The van der Waals surface area contributed by atoms with Gasteiger partial charge in [0, 0.05) is 43.1 Å². The van der Waals surface area contributed by atoms with Crippen LogP contribution < -0.4 is 16.0 Å². The summed E-state index contributed by atoms with van der Waals surface area (Å²) in [5.74, 6) is 0.927. The fraction of sp³-hybridized carbons (Fsp3) is 0.435. The highest BCUT2D eigenvalue weighted by Crippen LogP contribution is 2.26. The van der Waals surface area contributed by atoms with Crippen LogP contribution in [-0.4, -0.2) is 47.5 Å². The molecule has 31 heavy (non-hydrogen) atoms. The normalized spacial score (nSPS) is 19.3. The predicted molar refractivity (Wildman–Crippen MR) is 123 cm³/mol. The molecule has 1 aliphatic heterocycles. The molecule has 3 N–H and O–H groups in total. The molecule has 0 spiro atoms. The van der Waals surface area contributed by atoms with Gasteiger partial charge in [-0.2, -0.15) is 0 Å². The average Bonchev–Trinajstić information content (AvgIpc) is 3.42. The van der Waals surface area contributed by atoms with E-state index >= 15 is 0 Å². The fourth-order valence-corrected chi connectivity index (χ4v) is 4.52. The van der Waals surface area contributed by atoms with Crippen LogP contribution in [0.25, 0.3) is 0 Å². The molecule has 0 bridgehead atoms. The Morgan fingerprint density at radius 3 is 2.71 bits per heavy atom. The minimum absolute atomic E-state index is 0.156. The van der Waals surface area contributed by atoms with Crippen LogP contribution in [0, 0.1) is 5.92 Å². The van der Waals surface area contributed by atoms with Gasteiger partial charge in [0.2, 0.25) is 0 Å². The first-order valence-corrected chi connectivity index (χ1v) is 11.3. The van der Waals surface area contributed by atoms with Crippen LogP contribution in [-0.2, 0) is 0 Å². The van der Waals surface area contributed by atoms with Crippen LogP contribution in [0.4, 0.5) is 16.3 Å². The number of likely N-dealkylation sites (tertiary alicyclic amines) is 1. The molecule has 0 radical (unpaired) electrons. The third-order valence-electron chi connectivity index (χ3n) is 5.95. The summed E-state index contributed by atoms with van der Waals surface area (Å²) in [6.07, 6.45) is 7.83. The SMILES string of the molecule is O=C(Nc1cccc(C(=O)Nc2ccc(Cl)cn2)c1)NC1CCN(CC2CCCC2)C1. The smallest absolute Gasteiger partial charge is 0.319 e. The van der Waals surface area contributed by atoms with Gasteiger partial charge < -0.3 is 20.9 Å². The Morgan fingerprint density at radius 1 is 1.10 bits per heavy atom. The zero-order valence-corrected chi connectivity index (χ0v) is 18.2. The van der Waals surface area contributed by atoms with Gasteiger partial charge >= 0.3 is 6.03 Å². The summed E-state index contributed by atoms with van der Waals surface area (Å²) in [6.45, 7) is 3.09. The minimum atomic E-state index is -0.308. The topological polar surface area (TPSA) is 86.4 Å². The van der Waals surface area contributed by atoms with E-state index in [1.807, 2.05) is 0 Å². The lowest BCUT2D eigenvalue weighted by atomic mass is 10.1. The molecule has 8 heteroatoms. The van der Waals surface area contributed by atoms with Crippen LogP contribution in [0.15, 0.2) is 42.6 Å². The summed E-state index contributed by atoms with van der Waals surface area (Å²) in [6, 6.07) is 10.0. The van der Waals surface area contributed by atoms with E-state index in [9.17, 15) is 9.59 Å². The predicted octanol–water partition coefficient (Wildman–Crippen LogP) is 4.37. The molecule has 164 valence electrons. The van der Waals surface area contributed by atoms with Crippen molar-refractivity contribution in [1.29, 1.82) is 0 Å². The van der Waals surface area contributed by atoms with Crippen LogP contribution in [0.2, 0.25) is 5.02 Å². The standard InChI is InChI=1S/C23H28ClN5O2/c24-18-8-9-21(25-13-18)28-22(30)17-6-3-7-19(12-17)26-23(31)27-20-10-11-29(15-20)14-16-4-1-2-5-16/h3,6-9,12-13,16,20H,1-2,4-5,10-11,14-15H2,(H,25,28,30)(H2,26,27,31). The Labute approximate surface area is 187 Å². The summed E-state index contributed by atoms with van der Waals surface area (Å²) in [5.41, 5.74) is 0.994. The number of carbonyl (C=O) groups excluding carboxylic acids is 2. The van der Waals surface area contributed by atoms with Crippen molar-refractivity contribution in [2.45, 2.75) is 38.1 Å². The number of halogens is 1. The van der Waals surface area contributed by atoms with E-state index in [1.54, 1.807) is 36.4 Å². The monoisotopic (exact) mass is 441 g/mol. The molecule has 2 heterocycles. The Morgan fingerprint density at radius 2 is 1.94 bits per heavy atom. The number of amides is 3. The Kier molecular flexibility index (Phi) is 7.04. The summed E-state index contributed by atoms with van der Waals surface area (Å²) >= 11 is 5.82. The molecule has 1 atom stereocenters. The molecule has 1 aromatic heterocycles. The van der Waals surface area contributed by atoms with E-state index in [0.717, 1.165) is 32.0 Å². The molecule has 7 nitrogen and oxygen atoms in total. The second-order valence-electron chi connectivity index (χ2n) is 8.39. The van der Waals surface area contributed by atoms with Gasteiger partial charge in [-0.1, -0.05) is 30.5 Å². The van der Waals surface area contributed by atoms with E-state index < -0.39 is 0 Å². The molecule has 2 fully saturated rings. The first-order chi connectivity index (χ1) is 15.0. The summed E-state index contributed by atoms with van der Waals surface area (Å²) in [7, 11) is 0. The van der Waals surface area contributed by atoms with E-state index in [4.69, 9.17) is 11.6 Å². The molecule has 4 rings (SSSR count). The van der Waals surface area contributed by atoms with Crippen molar-refractivity contribution in [2.75, 3.05) is 30.3 Å². The third-order valence-corrected chi connectivity index (χ3v) is 6.17. The zero-order valence-electron chi connectivity index (χ0n) is 17.4. The van der Waals surface area contributed by atoms with Crippen molar-refractivity contribution in [3.05, 3.63) is 53.2 Å². The van der Waals surface area contributed by atoms with E-state index in [1.165, 1.54) is 31.9 Å². The summed E-state index contributed by atoms with van der Waals surface area (Å²) < 4.78 is 0. The van der Waals surface area contributed by atoms with Crippen LogP contribution in [0.3, 0.4) is 0 Å². The van der Waals surface area contributed by atoms with Crippen LogP contribution in [0.5, 0.6) is 0 Å². The lowest BCUT2D eigenvalue weighted by Crippen LogP contribution is -2.40.